The Hall–Kier alpha value is -3.69. The van der Waals surface area contributed by atoms with E-state index in [0.717, 1.165) is 78.1 Å². The van der Waals surface area contributed by atoms with E-state index in [2.05, 4.69) is 33.4 Å². The van der Waals surface area contributed by atoms with Crippen LogP contribution >= 0.6 is 11.6 Å². The number of fused-ring (bicyclic) bond motifs is 2. The van der Waals surface area contributed by atoms with Crippen LogP contribution in [-0.2, 0) is 21.3 Å². The van der Waals surface area contributed by atoms with Crippen molar-refractivity contribution in [3.05, 3.63) is 81.7 Å². The molecule has 3 fully saturated rings. The molecule has 10 heteroatoms. The van der Waals surface area contributed by atoms with E-state index >= 15 is 0 Å². The zero-order valence-corrected chi connectivity index (χ0v) is 29.6. The second kappa shape index (κ2) is 14.0. The minimum absolute atomic E-state index is 0.0130. The van der Waals surface area contributed by atoms with Crippen LogP contribution in [-0.4, -0.2) is 55.8 Å². The van der Waals surface area contributed by atoms with E-state index in [1.54, 1.807) is 6.33 Å². The average molecular weight is 674 g/mol. The van der Waals surface area contributed by atoms with E-state index in [1.165, 1.54) is 39.0 Å². The van der Waals surface area contributed by atoms with Crippen molar-refractivity contribution in [3.63, 3.8) is 0 Å². The Morgan fingerprint density at radius 2 is 1.65 bits per heavy atom. The van der Waals surface area contributed by atoms with E-state index in [9.17, 15) is 9.59 Å². The molecular formula is C38H48ClN5O4. The van der Waals surface area contributed by atoms with Crippen molar-refractivity contribution in [2.24, 2.45) is 7.05 Å². The van der Waals surface area contributed by atoms with Crippen molar-refractivity contribution in [1.29, 1.82) is 0 Å². The topological polar surface area (TPSA) is 98.6 Å². The maximum atomic E-state index is 13.3. The summed E-state index contributed by atoms with van der Waals surface area (Å²) in [5, 5.41) is 3.89. The quantitative estimate of drug-likeness (QED) is 0.264. The van der Waals surface area contributed by atoms with Gasteiger partial charge in [0.15, 0.2) is 0 Å². The number of aryl methyl sites for hydroxylation is 2. The first-order valence-electron chi connectivity index (χ1n) is 17.3. The second-order valence-corrected chi connectivity index (χ2v) is 14.7. The van der Waals surface area contributed by atoms with Gasteiger partial charge in [0.05, 0.1) is 29.5 Å². The van der Waals surface area contributed by atoms with Crippen molar-refractivity contribution < 1.29 is 19.1 Å². The Balaban J connectivity index is 0.000000441. The van der Waals surface area contributed by atoms with Gasteiger partial charge in [0, 0.05) is 25.2 Å². The number of amides is 1. The molecule has 4 aliphatic rings. The molecule has 0 spiro atoms. The Labute approximate surface area is 289 Å². The summed E-state index contributed by atoms with van der Waals surface area (Å²) in [6.07, 6.45) is 15.4. The van der Waals surface area contributed by atoms with Crippen LogP contribution in [0.2, 0.25) is 5.02 Å². The molecule has 48 heavy (non-hydrogen) atoms. The van der Waals surface area contributed by atoms with Gasteiger partial charge in [-0.3, -0.25) is 14.7 Å². The Kier molecular flexibility index (Phi) is 10.00. The highest BCUT2D eigenvalue weighted by Gasteiger charge is 2.43. The number of alkyl carbamates (subject to hydrolysis) is 1. The lowest BCUT2D eigenvalue weighted by Crippen LogP contribution is -2.35. The molecule has 1 N–H and O–H groups in total. The fourth-order valence-corrected chi connectivity index (χ4v) is 7.04. The summed E-state index contributed by atoms with van der Waals surface area (Å²) in [6.45, 7) is 9.40. The summed E-state index contributed by atoms with van der Waals surface area (Å²) in [4.78, 5) is 35.7. The number of aromatic nitrogens is 3. The highest BCUT2D eigenvalue weighted by atomic mass is 35.5. The van der Waals surface area contributed by atoms with Crippen molar-refractivity contribution >= 4 is 35.3 Å². The number of nitrogens with zero attached hydrogens (tertiary/aromatic N) is 4. The predicted molar refractivity (Wildman–Crippen MR) is 187 cm³/mol. The van der Waals surface area contributed by atoms with Crippen LogP contribution in [0, 0.1) is 6.92 Å². The van der Waals surface area contributed by atoms with Crippen LogP contribution in [0.1, 0.15) is 124 Å². The molecule has 1 saturated heterocycles. The van der Waals surface area contributed by atoms with Crippen LogP contribution in [0.5, 0.6) is 0 Å². The number of ether oxygens (including phenoxy) is 2. The number of hydrogen-bond acceptors (Lipinski definition) is 7. The summed E-state index contributed by atoms with van der Waals surface area (Å²) < 4.78 is 12.7. The number of likely N-dealkylation sites (tertiary alicyclic amines) is 1. The first kappa shape index (κ1) is 34.2. The molecule has 0 radical (unpaired) electrons. The number of carbonyl (C=O) groups excluding carboxylic acids is 2. The summed E-state index contributed by atoms with van der Waals surface area (Å²) >= 11 is 6.69. The van der Waals surface area contributed by atoms with E-state index in [4.69, 9.17) is 26.1 Å². The highest BCUT2D eigenvalue weighted by molar-refractivity contribution is 6.30. The summed E-state index contributed by atoms with van der Waals surface area (Å²) in [6, 6.07) is 9.77. The zero-order valence-electron chi connectivity index (χ0n) is 28.9. The van der Waals surface area contributed by atoms with Crippen molar-refractivity contribution in [2.75, 3.05) is 13.1 Å². The van der Waals surface area contributed by atoms with Crippen molar-refractivity contribution in [3.8, 4) is 0 Å². The molecule has 3 aromatic rings. The Bertz CT molecular complexity index is 1660. The van der Waals surface area contributed by atoms with E-state index in [-0.39, 0.29) is 23.2 Å². The number of nitrogens with one attached hydrogen (secondary N) is 1. The first-order chi connectivity index (χ1) is 23.0. The smallest absolute Gasteiger partial charge is 0.408 e. The largest absolute Gasteiger partial charge is 0.460 e. The third-order valence-corrected chi connectivity index (χ3v) is 10.2. The predicted octanol–water partition coefficient (Wildman–Crippen LogP) is 8.11. The van der Waals surface area contributed by atoms with Gasteiger partial charge in [0.1, 0.15) is 17.2 Å². The molecule has 1 aliphatic heterocycles. The van der Waals surface area contributed by atoms with Gasteiger partial charge in [-0.25, -0.2) is 9.78 Å². The number of benzene rings is 1. The number of halogens is 1. The Morgan fingerprint density at radius 3 is 2.25 bits per heavy atom. The lowest BCUT2D eigenvalue weighted by molar-refractivity contribution is -0.147. The molecule has 2 atom stereocenters. The number of pyridine rings is 1. The van der Waals surface area contributed by atoms with Crippen molar-refractivity contribution in [1.82, 2.24) is 24.8 Å². The summed E-state index contributed by atoms with van der Waals surface area (Å²) in [7, 11) is 1.96. The van der Waals surface area contributed by atoms with Crippen LogP contribution in [0.25, 0.3) is 11.6 Å². The molecule has 1 amide bonds. The zero-order chi connectivity index (χ0) is 34.1. The number of esters is 1. The maximum Gasteiger partial charge on any atom is 0.408 e. The molecule has 3 aliphatic carbocycles. The third kappa shape index (κ3) is 7.95. The maximum absolute atomic E-state index is 13.3. The van der Waals surface area contributed by atoms with E-state index in [1.807, 2.05) is 56.8 Å². The third-order valence-electron chi connectivity index (χ3n) is 9.98. The monoisotopic (exact) mass is 673 g/mol. The van der Waals surface area contributed by atoms with Gasteiger partial charge in [-0.05, 0) is 119 Å². The summed E-state index contributed by atoms with van der Waals surface area (Å²) in [5.74, 6) is -0.162. The van der Waals surface area contributed by atoms with Gasteiger partial charge in [-0.15, -0.1) is 0 Å². The molecule has 1 aromatic carbocycles. The number of hydrogen-bond donors (Lipinski definition) is 1. The SMILES string of the molecule is CC(=O)OC1(C)CC1.Cc1ncn(C)c1[C@H](NC(=O)OC1(C)CC1)C1=Cc2cccnc2[C@@H](N2CCCCCCC2)c2ccc(Cl)cc21. The molecule has 0 bridgehead atoms. The van der Waals surface area contributed by atoms with Gasteiger partial charge in [-0.1, -0.05) is 43.0 Å². The lowest BCUT2D eigenvalue weighted by Gasteiger charge is -2.34. The molecular weight excluding hydrogens is 626 g/mol. The molecule has 9 nitrogen and oxygen atoms in total. The van der Waals surface area contributed by atoms with Gasteiger partial charge in [0.25, 0.3) is 0 Å². The second-order valence-electron chi connectivity index (χ2n) is 14.3. The lowest BCUT2D eigenvalue weighted by atomic mass is 9.89. The minimum Gasteiger partial charge on any atom is -0.460 e. The van der Waals surface area contributed by atoms with Gasteiger partial charge < -0.3 is 19.4 Å². The molecule has 3 heterocycles. The normalized spacial score (nSPS) is 21.3. The summed E-state index contributed by atoms with van der Waals surface area (Å²) in [5.41, 5.74) is 6.50. The van der Waals surface area contributed by atoms with Gasteiger partial charge in [-0.2, -0.15) is 0 Å². The van der Waals surface area contributed by atoms with Gasteiger partial charge >= 0.3 is 12.1 Å². The van der Waals surface area contributed by atoms with E-state index in [0.29, 0.717) is 5.02 Å². The molecule has 2 aromatic heterocycles. The van der Waals surface area contributed by atoms with Crippen LogP contribution < -0.4 is 5.32 Å². The fourth-order valence-electron chi connectivity index (χ4n) is 6.87. The number of carbonyl (C=O) groups is 2. The minimum atomic E-state index is -0.501. The van der Waals surface area contributed by atoms with Crippen LogP contribution in [0.4, 0.5) is 4.79 Å². The molecule has 0 unspecified atom stereocenters. The van der Waals surface area contributed by atoms with E-state index < -0.39 is 12.1 Å². The molecule has 7 rings (SSSR count). The molecule has 256 valence electrons. The average Bonchev–Trinajstić information content (AvgIpc) is 3.91. The number of imidazole rings is 1. The van der Waals surface area contributed by atoms with Crippen molar-refractivity contribution in [2.45, 2.75) is 109 Å². The highest BCUT2D eigenvalue weighted by Crippen LogP contribution is 2.45. The molecule has 2 saturated carbocycles. The van der Waals surface area contributed by atoms with Crippen LogP contribution in [0.15, 0.2) is 42.9 Å². The first-order valence-corrected chi connectivity index (χ1v) is 17.7. The standard InChI is InChI=1S/C32H38ClN5O2.C6H10O2/c1-21-29(37(3)20-35-21)28(36-31(39)40-32(2)13-14-32)26-18-22-10-9-15-34-27(22)30(24-12-11-23(33)19-25(24)26)38-16-7-5-4-6-8-17-38;1-5(7)8-6(2)3-4-6/h9-12,15,18-20,28,30H,4-8,13-14,16-17H2,1-3H3,(H,36,39);3-4H2,1-2H3/t28-,30+;/m1./s1. The van der Waals surface area contributed by atoms with Gasteiger partial charge in [0.2, 0.25) is 0 Å². The van der Waals surface area contributed by atoms with Crippen LogP contribution in [0.3, 0.4) is 0 Å². The fraction of sp³-hybridized carbons (Fsp3) is 0.526. The number of rotatable bonds is 6. The Morgan fingerprint density at radius 1 is 0.979 bits per heavy atom.